The molecule has 2 N–H and O–H groups in total. The Morgan fingerprint density at radius 3 is 2.62 bits per heavy atom. The zero-order valence-electron chi connectivity index (χ0n) is 10.8. The smallest absolute Gasteiger partial charge is 0.420 e. The molecule has 1 aromatic heterocycles. The van der Waals surface area contributed by atoms with Crippen LogP contribution in [0.3, 0.4) is 0 Å². The molecule has 2 rings (SSSR count). The van der Waals surface area contributed by atoms with Gasteiger partial charge in [0.15, 0.2) is 0 Å². The number of benzene rings is 1. The van der Waals surface area contributed by atoms with Crippen LogP contribution in [0.15, 0.2) is 24.5 Å². The van der Waals surface area contributed by atoms with Crippen molar-refractivity contribution in [3.63, 3.8) is 0 Å². The van der Waals surface area contributed by atoms with Crippen molar-refractivity contribution in [1.29, 1.82) is 5.26 Å². The number of nitrogens with two attached hydrogens (primary N) is 1. The molecule has 0 aliphatic heterocycles. The first-order valence-electron chi connectivity index (χ1n) is 5.69. The Bertz CT molecular complexity index is 722. The van der Waals surface area contributed by atoms with E-state index in [4.69, 9.17) is 15.7 Å². The summed E-state index contributed by atoms with van der Waals surface area (Å²) in [4.78, 5) is 7.46. The first kappa shape index (κ1) is 14.6. The number of aromatic nitrogens is 2. The summed E-state index contributed by atoms with van der Waals surface area (Å²) in [5, 5.41) is 8.69. The summed E-state index contributed by atoms with van der Waals surface area (Å²) >= 11 is 0. The Kier molecular flexibility index (Phi) is 3.67. The highest BCUT2D eigenvalue weighted by Gasteiger charge is 2.35. The molecule has 5 nitrogen and oxygen atoms in total. The molecule has 0 aliphatic rings. The van der Waals surface area contributed by atoms with Gasteiger partial charge in [-0.2, -0.15) is 18.4 Å². The van der Waals surface area contributed by atoms with Gasteiger partial charge in [0, 0.05) is 0 Å². The molecule has 0 saturated carbocycles. The zero-order chi connectivity index (χ0) is 15.6. The summed E-state index contributed by atoms with van der Waals surface area (Å²) in [6, 6.07) is 4.66. The van der Waals surface area contributed by atoms with E-state index in [0.29, 0.717) is 5.56 Å². The molecule has 2 aromatic rings. The van der Waals surface area contributed by atoms with Gasteiger partial charge in [-0.05, 0) is 25.1 Å². The van der Waals surface area contributed by atoms with E-state index >= 15 is 0 Å². The molecule has 0 aliphatic carbocycles. The van der Waals surface area contributed by atoms with E-state index in [-0.39, 0.29) is 17.3 Å². The molecule has 0 unspecified atom stereocenters. The Balaban J connectivity index is 2.50. The van der Waals surface area contributed by atoms with E-state index in [9.17, 15) is 13.2 Å². The van der Waals surface area contributed by atoms with Crippen LogP contribution in [-0.4, -0.2) is 9.97 Å². The van der Waals surface area contributed by atoms with Crippen LogP contribution in [-0.2, 0) is 6.18 Å². The van der Waals surface area contributed by atoms with Crippen LogP contribution in [0, 0.1) is 18.3 Å². The second-order valence-electron chi connectivity index (χ2n) is 4.11. The lowest BCUT2D eigenvalue weighted by Crippen LogP contribution is -2.08. The fraction of sp³-hybridized carbons (Fsp3) is 0.154. The van der Waals surface area contributed by atoms with Crippen LogP contribution in [0.5, 0.6) is 11.6 Å². The average molecular weight is 294 g/mol. The highest BCUT2D eigenvalue weighted by molar-refractivity contribution is 5.48. The Morgan fingerprint density at radius 2 is 2.00 bits per heavy atom. The molecule has 108 valence electrons. The van der Waals surface area contributed by atoms with Crippen LogP contribution < -0.4 is 10.5 Å². The minimum absolute atomic E-state index is 0.0716. The standard InChI is InChI=1S/C13H9F3N4O/c1-7-11(18)19-6-20-12(7)21-10-3-2-8(5-17)4-9(10)13(14,15)16/h2-4,6H,1H3,(H2,18,19,20). The van der Waals surface area contributed by atoms with Crippen molar-refractivity contribution in [2.75, 3.05) is 5.73 Å². The zero-order valence-corrected chi connectivity index (χ0v) is 10.8. The van der Waals surface area contributed by atoms with Crippen molar-refractivity contribution in [1.82, 2.24) is 9.97 Å². The summed E-state index contributed by atoms with van der Waals surface area (Å²) in [6.07, 6.45) is -3.57. The number of hydrogen-bond donors (Lipinski definition) is 1. The molecular weight excluding hydrogens is 285 g/mol. The van der Waals surface area contributed by atoms with Gasteiger partial charge in [-0.25, -0.2) is 9.97 Å². The molecular formula is C13H9F3N4O. The first-order valence-corrected chi connectivity index (χ1v) is 5.69. The van der Waals surface area contributed by atoms with Gasteiger partial charge >= 0.3 is 6.18 Å². The van der Waals surface area contributed by atoms with Crippen LogP contribution in [0.2, 0.25) is 0 Å². The Labute approximate surface area is 117 Å². The minimum Gasteiger partial charge on any atom is -0.438 e. The van der Waals surface area contributed by atoms with Gasteiger partial charge in [-0.3, -0.25) is 0 Å². The normalized spacial score (nSPS) is 11.0. The SMILES string of the molecule is Cc1c(N)ncnc1Oc1ccc(C#N)cc1C(F)(F)F. The lowest BCUT2D eigenvalue weighted by atomic mass is 10.1. The minimum atomic E-state index is -4.66. The van der Waals surface area contributed by atoms with Crippen molar-refractivity contribution in [2.45, 2.75) is 13.1 Å². The predicted molar refractivity (Wildman–Crippen MR) is 67.4 cm³/mol. The van der Waals surface area contributed by atoms with Gasteiger partial charge in [0.25, 0.3) is 0 Å². The summed E-state index contributed by atoms with van der Waals surface area (Å²) in [6.45, 7) is 1.53. The van der Waals surface area contributed by atoms with Gasteiger partial charge in [0.05, 0.1) is 22.8 Å². The van der Waals surface area contributed by atoms with Gasteiger partial charge < -0.3 is 10.5 Å². The molecule has 0 atom stereocenters. The molecule has 1 heterocycles. The molecule has 0 radical (unpaired) electrons. The lowest BCUT2D eigenvalue weighted by molar-refractivity contribution is -0.138. The fourth-order valence-electron chi connectivity index (χ4n) is 1.56. The summed E-state index contributed by atoms with van der Waals surface area (Å²) < 4.78 is 44.2. The topological polar surface area (TPSA) is 84.8 Å². The molecule has 0 spiro atoms. The van der Waals surface area contributed by atoms with Gasteiger partial charge in [0.1, 0.15) is 17.9 Å². The third-order valence-corrected chi connectivity index (χ3v) is 2.70. The van der Waals surface area contributed by atoms with E-state index < -0.39 is 17.5 Å². The summed E-state index contributed by atoms with van der Waals surface area (Å²) in [7, 11) is 0. The Morgan fingerprint density at radius 1 is 1.29 bits per heavy atom. The molecule has 0 amide bonds. The monoisotopic (exact) mass is 294 g/mol. The third kappa shape index (κ3) is 3.02. The number of ether oxygens (including phenoxy) is 1. The van der Waals surface area contributed by atoms with Gasteiger partial charge in [0.2, 0.25) is 5.88 Å². The summed E-state index contributed by atoms with van der Waals surface area (Å²) in [5.41, 5.74) is 4.70. The molecule has 0 bridgehead atoms. The number of nitrogens with zero attached hydrogens (tertiary/aromatic N) is 3. The molecule has 0 saturated heterocycles. The van der Waals surface area contributed by atoms with E-state index in [2.05, 4.69) is 9.97 Å². The maximum atomic E-state index is 13.0. The fourth-order valence-corrected chi connectivity index (χ4v) is 1.56. The number of nitriles is 1. The third-order valence-electron chi connectivity index (χ3n) is 2.70. The van der Waals surface area contributed by atoms with Crippen LogP contribution >= 0.6 is 0 Å². The number of alkyl halides is 3. The second kappa shape index (κ2) is 5.28. The largest absolute Gasteiger partial charge is 0.438 e. The number of rotatable bonds is 2. The van der Waals surface area contributed by atoms with Crippen molar-refractivity contribution < 1.29 is 17.9 Å². The summed E-state index contributed by atoms with van der Waals surface area (Å²) in [5.74, 6) is -0.414. The van der Waals surface area contributed by atoms with Crippen molar-refractivity contribution in [3.8, 4) is 17.7 Å². The van der Waals surface area contributed by atoms with Crippen LogP contribution in [0.25, 0.3) is 0 Å². The highest BCUT2D eigenvalue weighted by atomic mass is 19.4. The lowest BCUT2D eigenvalue weighted by Gasteiger charge is -2.14. The molecule has 21 heavy (non-hydrogen) atoms. The van der Waals surface area contributed by atoms with E-state index in [0.717, 1.165) is 18.5 Å². The maximum absolute atomic E-state index is 13.0. The molecule has 1 aromatic carbocycles. The van der Waals surface area contributed by atoms with Gasteiger partial charge in [-0.1, -0.05) is 0 Å². The second-order valence-corrected chi connectivity index (χ2v) is 4.11. The van der Waals surface area contributed by atoms with Crippen LogP contribution in [0.4, 0.5) is 19.0 Å². The number of anilines is 1. The van der Waals surface area contributed by atoms with Gasteiger partial charge in [-0.15, -0.1) is 0 Å². The van der Waals surface area contributed by atoms with Crippen molar-refractivity contribution in [2.24, 2.45) is 0 Å². The van der Waals surface area contributed by atoms with E-state index in [1.54, 1.807) is 6.07 Å². The highest BCUT2D eigenvalue weighted by Crippen LogP contribution is 2.39. The molecule has 0 fully saturated rings. The maximum Gasteiger partial charge on any atom is 0.420 e. The molecule has 8 heteroatoms. The van der Waals surface area contributed by atoms with E-state index in [1.807, 2.05) is 0 Å². The average Bonchev–Trinajstić information content (AvgIpc) is 2.43. The van der Waals surface area contributed by atoms with Crippen molar-refractivity contribution in [3.05, 3.63) is 41.2 Å². The quantitative estimate of drug-likeness (QED) is 0.920. The number of nitrogen functional groups attached to an aromatic ring is 1. The van der Waals surface area contributed by atoms with Crippen LogP contribution in [0.1, 0.15) is 16.7 Å². The first-order chi connectivity index (χ1) is 9.82. The Hall–Kier alpha value is -2.82. The van der Waals surface area contributed by atoms with Crippen molar-refractivity contribution >= 4 is 5.82 Å². The number of halogens is 3. The predicted octanol–water partition coefficient (Wildman–Crippen LogP) is 3.05. The van der Waals surface area contributed by atoms with E-state index in [1.165, 1.54) is 13.0 Å². The number of hydrogen-bond acceptors (Lipinski definition) is 5.